The lowest BCUT2D eigenvalue weighted by Crippen LogP contribution is -2.41. The number of benzene rings is 1. The minimum atomic E-state index is -0.666. The van der Waals surface area contributed by atoms with Gasteiger partial charge in [-0.15, -0.1) is 0 Å². The van der Waals surface area contributed by atoms with Crippen LogP contribution in [0.3, 0.4) is 0 Å². The molecule has 0 aliphatic heterocycles. The molecular weight excluding hydrogens is 378 g/mol. The van der Waals surface area contributed by atoms with Crippen molar-refractivity contribution in [3.8, 4) is 5.82 Å². The van der Waals surface area contributed by atoms with Gasteiger partial charge in [0.05, 0.1) is 16.2 Å². The minimum Gasteiger partial charge on any atom is -0.341 e. The largest absolute Gasteiger partial charge is 0.341 e. The highest BCUT2D eigenvalue weighted by atomic mass is 32.2. The SMILES string of the molecule is CNC(=O)NC(=O)[C@H](C)Sc1nc2ccccc2c(=O)n1-c1ncccc1C. The molecule has 0 fully saturated rings. The maximum Gasteiger partial charge on any atom is 0.321 e. The van der Waals surface area contributed by atoms with E-state index in [-0.39, 0.29) is 5.56 Å². The van der Waals surface area contributed by atoms with Crippen LogP contribution in [0.1, 0.15) is 12.5 Å². The number of para-hydroxylation sites is 1. The number of carbonyl (C=O) groups is 2. The number of fused-ring (bicyclic) bond motifs is 1. The minimum absolute atomic E-state index is 0.270. The number of nitrogens with zero attached hydrogens (tertiary/aromatic N) is 3. The van der Waals surface area contributed by atoms with Crippen molar-refractivity contribution in [3.63, 3.8) is 0 Å². The Morgan fingerprint density at radius 3 is 2.64 bits per heavy atom. The lowest BCUT2D eigenvalue weighted by molar-refractivity contribution is -0.119. The van der Waals surface area contributed by atoms with E-state index in [1.54, 1.807) is 43.5 Å². The molecule has 0 bridgehead atoms. The summed E-state index contributed by atoms with van der Waals surface area (Å²) in [5.74, 6) is -0.0387. The fourth-order valence-electron chi connectivity index (χ4n) is 2.58. The van der Waals surface area contributed by atoms with Crippen LogP contribution in [0.15, 0.2) is 52.5 Å². The molecule has 1 atom stereocenters. The number of amides is 3. The highest BCUT2D eigenvalue weighted by molar-refractivity contribution is 8.00. The third-order valence-electron chi connectivity index (χ3n) is 4.05. The van der Waals surface area contributed by atoms with Crippen molar-refractivity contribution < 1.29 is 9.59 Å². The highest BCUT2D eigenvalue weighted by Gasteiger charge is 2.22. The molecule has 0 saturated heterocycles. The Balaban J connectivity index is 2.12. The molecule has 0 radical (unpaired) electrons. The van der Waals surface area contributed by atoms with Crippen LogP contribution in [0, 0.1) is 6.92 Å². The summed E-state index contributed by atoms with van der Waals surface area (Å²) in [6, 6.07) is 10.0. The molecule has 2 N–H and O–H groups in total. The van der Waals surface area contributed by atoms with Crippen molar-refractivity contribution in [1.29, 1.82) is 0 Å². The second kappa shape index (κ2) is 8.22. The number of pyridine rings is 1. The molecule has 2 heterocycles. The van der Waals surface area contributed by atoms with Gasteiger partial charge in [0.2, 0.25) is 5.91 Å². The van der Waals surface area contributed by atoms with E-state index in [9.17, 15) is 14.4 Å². The quantitative estimate of drug-likeness (QED) is 0.515. The van der Waals surface area contributed by atoms with Gasteiger partial charge in [-0.3, -0.25) is 14.9 Å². The zero-order valence-corrected chi connectivity index (χ0v) is 16.4. The van der Waals surface area contributed by atoms with Gasteiger partial charge in [-0.1, -0.05) is 30.0 Å². The van der Waals surface area contributed by atoms with E-state index in [1.807, 2.05) is 13.0 Å². The summed E-state index contributed by atoms with van der Waals surface area (Å²) < 4.78 is 1.41. The van der Waals surface area contributed by atoms with Gasteiger partial charge in [0.15, 0.2) is 5.16 Å². The zero-order valence-electron chi connectivity index (χ0n) is 15.6. The van der Waals surface area contributed by atoms with Crippen molar-refractivity contribution in [2.45, 2.75) is 24.3 Å². The average molecular weight is 397 g/mol. The van der Waals surface area contributed by atoms with Crippen LogP contribution in [0.5, 0.6) is 0 Å². The van der Waals surface area contributed by atoms with Crippen molar-refractivity contribution in [2.24, 2.45) is 0 Å². The second-order valence-electron chi connectivity index (χ2n) is 6.02. The van der Waals surface area contributed by atoms with Crippen molar-refractivity contribution in [3.05, 3.63) is 58.5 Å². The first-order valence-corrected chi connectivity index (χ1v) is 9.43. The number of hydrogen-bond donors (Lipinski definition) is 2. The average Bonchev–Trinajstić information content (AvgIpc) is 2.69. The Bertz CT molecular complexity index is 1110. The van der Waals surface area contributed by atoms with Gasteiger partial charge in [0.1, 0.15) is 5.82 Å². The molecule has 28 heavy (non-hydrogen) atoms. The summed E-state index contributed by atoms with van der Waals surface area (Å²) in [4.78, 5) is 45.8. The molecule has 3 amide bonds. The molecule has 0 unspecified atom stereocenters. The summed E-state index contributed by atoms with van der Waals surface area (Å²) in [6.45, 7) is 3.49. The molecular formula is C19H19N5O3S. The topological polar surface area (TPSA) is 106 Å². The fraction of sp³-hybridized carbons (Fsp3) is 0.211. The van der Waals surface area contributed by atoms with E-state index in [2.05, 4.69) is 20.6 Å². The van der Waals surface area contributed by atoms with E-state index in [1.165, 1.54) is 11.6 Å². The van der Waals surface area contributed by atoms with Crippen LogP contribution in [-0.2, 0) is 4.79 Å². The van der Waals surface area contributed by atoms with E-state index in [0.717, 1.165) is 17.3 Å². The Morgan fingerprint density at radius 1 is 1.18 bits per heavy atom. The summed E-state index contributed by atoms with van der Waals surface area (Å²) in [6.07, 6.45) is 1.60. The fourth-order valence-corrected chi connectivity index (χ4v) is 3.49. The molecule has 144 valence electrons. The third-order valence-corrected chi connectivity index (χ3v) is 5.11. The van der Waals surface area contributed by atoms with Gasteiger partial charge in [0.25, 0.3) is 5.56 Å². The molecule has 2 aromatic heterocycles. The Kier molecular flexibility index (Phi) is 5.74. The van der Waals surface area contributed by atoms with Crippen LogP contribution in [0.2, 0.25) is 0 Å². The molecule has 3 aromatic rings. The van der Waals surface area contributed by atoms with E-state index in [4.69, 9.17) is 0 Å². The molecule has 1 aromatic carbocycles. The summed E-state index contributed by atoms with van der Waals surface area (Å²) in [5.41, 5.74) is 1.05. The number of imide groups is 1. The number of rotatable bonds is 4. The van der Waals surface area contributed by atoms with E-state index >= 15 is 0 Å². The monoisotopic (exact) mass is 397 g/mol. The third kappa shape index (κ3) is 3.89. The smallest absolute Gasteiger partial charge is 0.321 e. The Morgan fingerprint density at radius 2 is 1.93 bits per heavy atom. The number of aryl methyl sites for hydroxylation is 1. The molecule has 9 heteroatoms. The molecule has 8 nitrogen and oxygen atoms in total. The first-order chi connectivity index (χ1) is 13.4. The van der Waals surface area contributed by atoms with Crippen molar-refractivity contribution >= 4 is 34.6 Å². The van der Waals surface area contributed by atoms with Crippen LogP contribution < -0.4 is 16.2 Å². The molecule has 3 rings (SSSR count). The lowest BCUT2D eigenvalue weighted by atomic mass is 10.2. The van der Waals surface area contributed by atoms with Crippen LogP contribution >= 0.6 is 11.8 Å². The normalized spacial score (nSPS) is 11.8. The number of carbonyl (C=O) groups excluding carboxylic acids is 2. The maximum atomic E-state index is 13.2. The zero-order chi connectivity index (χ0) is 20.3. The van der Waals surface area contributed by atoms with Gasteiger partial charge >= 0.3 is 6.03 Å². The van der Waals surface area contributed by atoms with Gasteiger partial charge < -0.3 is 5.32 Å². The summed E-state index contributed by atoms with van der Waals surface area (Å²) in [5, 5.41) is 4.68. The number of thioether (sulfide) groups is 1. The first kappa shape index (κ1) is 19.6. The predicted molar refractivity (Wildman–Crippen MR) is 108 cm³/mol. The van der Waals surface area contributed by atoms with Crippen LogP contribution in [-0.4, -0.2) is 38.8 Å². The Labute approximate surface area is 165 Å². The molecule has 0 spiro atoms. The predicted octanol–water partition coefficient (Wildman–Crippen LogP) is 2.03. The van der Waals surface area contributed by atoms with Gasteiger partial charge in [-0.25, -0.2) is 19.3 Å². The summed E-state index contributed by atoms with van der Waals surface area (Å²) >= 11 is 1.08. The molecule has 0 saturated carbocycles. The van der Waals surface area contributed by atoms with Gasteiger partial charge in [0, 0.05) is 13.2 Å². The number of hydrogen-bond acceptors (Lipinski definition) is 6. The maximum absolute atomic E-state index is 13.2. The summed E-state index contributed by atoms with van der Waals surface area (Å²) in [7, 11) is 1.42. The van der Waals surface area contributed by atoms with E-state index < -0.39 is 17.2 Å². The number of urea groups is 1. The standard InChI is InChI=1S/C19H19N5O3S/c1-11-7-6-10-21-15(11)24-17(26)13-8-4-5-9-14(13)22-19(24)28-12(2)16(25)23-18(27)20-3/h4-10,12H,1-3H3,(H2,20,23,25,27)/t12-/m0/s1. The van der Waals surface area contributed by atoms with Crippen molar-refractivity contribution in [1.82, 2.24) is 25.2 Å². The van der Waals surface area contributed by atoms with Gasteiger partial charge in [-0.05, 0) is 37.6 Å². The van der Waals surface area contributed by atoms with Crippen LogP contribution in [0.25, 0.3) is 16.7 Å². The van der Waals surface area contributed by atoms with Crippen LogP contribution in [0.4, 0.5) is 4.79 Å². The number of aromatic nitrogens is 3. The second-order valence-corrected chi connectivity index (χ2v) is 7.33. The first-order valence-electron chi connectivity index (χ1n) is 8.55. The number of nitrogens with one attached hydrogen (secondary N) is 2. The highest BCUT2D eigenvalue weighted by Crippen LogP contribution is 2.25. The molecule has 0 aliphatic rings. The van der Waals surface area contributed by atoms with E-state index in [0.29, 0.717) is 21.9 Å². The Hall–Kier alpha value is -3.20. The lowest BCUT2D eigenvalue weighted by Gasteiger charge is -2.16. The van der Waals surface area contributed by atoms with Crippen molar-refractivity contribution in [2.75, 3.05) is 7.05 Å². The molecule has 0 aliphatic carbocycles. The van der Waals surface area contributed by atoms with Gasteiger partial charge in [-0.2, -0.15) is 0 Å².